The summed E-state index contributed by atoms with van der Waals surface area (Å²) in [5.41, 5.74) is 3.17. The monoisotopic (exact) mass is 224 g/mol. The smallest absolute Gasteiger partial charge is 0.333 e. The molecule has 0 aromatic carbocycles. The van der Waals surface area contributed by atoms with Crippen molar-refractivity contribution < 1.29 is 9.53 Å². The van der Waals surface area contributed by atoms with Gasteiger partial charge in [-0.15, -0.1) is 0 Å². The SMILES string of the molecule is C=C(C)C(=O)OC(CC)CC(CC)=C(C)C. The molecule has 0 aromatic heterocycles. The van der Waals surface area contributed by atoms with E-state index in [1.54, 1.807) is 6.92 Å². The number of hydrogen-bond donors (Lipinski definition) is 0. The zero-order valence-corrected chi connectivity index (χ0v) is 11.2. The molecule has 0 spiro atoms. The molecule has 0 saturated carbocycles. The van der Waals surface area contributed by atoms with Crippen molar-refractivity contribution in [3.05, 3.63) is 23.3 Å². The van der Waals surface area contributed by atoms with Gasteiger partial charge in [0.05, 0.1) is 0 Å². The molecule has 0 rings (SSSR count). The third kappa shape index (κ3) is 5.15. The van der Waals surface area contributed by atoms with E-state index in [1.807, 2.05) is 6.92 Å². The molecule has 0 fully saturated rings. The molecule has 0 aromatic rings. The maximum absolute atomic E-state index is 11.4. The van der Waals surface area contributed by atoms with Crippen molar-refractivity contribution in [2.45, 2.75) is 60.0 Å². The van der Waals surface area contributed by atoms with Gasteiger partial charge in [-0.05, 0) is 33.6 Å². The molecular formula is C14H24O2. The summed E-state index contributed by atoms with van der Waals surface area (Å²) >= 11 is 0. The quantitative estimate of drug-likeness (QED) is 0.387. The molecule has 0 N–H and O–H groups in total. The Labute approximate surface area is 99.4 Å². The lowest BCUT2D eigenvalue weighted by Crippen LogP contribution is -2.18. The van der Waals surface area contributed by atoms with E-state index < -0.39 is 0 Å². The number of ether oxygens (including phenoxy) is 1. The van der Waals surface area contributed by atoms with Gasteiger partial charge in [0.15, 0.2) is 0 Å². The molecule has 0 aliphatic heterocycles. The third-order valence-corrected chi connectivity index (χ3v) is 2.69. The molecule has 1 unspecified atom stereocenters. The fourth-order valence-corrected chi connectivity index (χ4v) is 1.50. The Hall–Kier alpha value is -1.05. The van der Waals surface area contributed by atoms with Gasteiger partial charge >= 0.3 is 5.97 Å². The van der Waals surface area contributed by atoms with E-state index in [2.05, 4.69) is 27.4 Å². The van der Waals surface area contributed by atoms with E-state index >= 15 is 0 Å². The largest absolute Gasteiger partial charge is 0.459 e. The van der Waals surface area contributed by atoms with Crippen LogP contribution in [0.4, 0.5) is 0 Å². The topological polar surface area (TPSA) is 26.3 Å². The second-order valence-electron chi connectivity index (χ2n) is 4.38. The highest BCUT2D eigenvalue weighted by Gasteiger charge is 2.14. The first-order valence-corrected chi connectivity index (χ1v) is 5.94. The van der Waals surface area contributed by atoms with Crippen LogP contribution in [0.3, 0.4) is 0 Å². The van der Waals surface area contributed by atoms with Crippen LogP contribution in [0.2, 0.25) is 0 Å². The normalized spacial score (nSPS) is 11.8. The van der Waals surface area contributed by atoms with Crippen molar-refractivity contribution in [3.8, 4) is 0 Å². The first-order chi connectivity index (χ1) is 7.42. The summed E-state index contributed by atoms with van der Waals surface area (Å²) in [6.07, 6.45) is 2.68. The maximum atomic E-state index is 11.4. The molecule has 16 heavy (non-hydrogen) atoms. The van der Waals surface area contributed by atoms with Gasteiger partial charge in [-0.25, -0.2) is 4.79 Å². The Kier molecular flexibility index (Phi) is 6.78. The third-order valence-electron chi connectivity index (χ3n) is 2.69. The summed E-state index contributed by atoms with van der Waals surface area (Å²) in [5.74, 6) is -0.281. The first kappa shape index (κ1) is 14.9. The molecule has 0 aliphatic carbocycles. The van der Waals surface area contributed by atoms with E-state index in [0.29, 0.717) is 5.57 Å². The van der Waals surface area contributed by atoms with Crippen LogP contribution in [0.15, 0.2) is 23.3 Å². The number of carbonyl (C=O) groups excluding carboxylic acids is 1. The fraction of sp³-hybridized carbons (Fsp3) is 0.643. The Balaban J connectivity index is 4.47. The second kappa shape index (κ2) is 7.26. The van der Waals surface area contributed by atoms with E-state index in [-0.39, 0.29) is 12.1 Å². The number of esters is 1. The number of allylic oxidation sites excluding steroid dienone is 1. The second-order valence-corrected chi connectivity index (χ2v) is 4.38. The molecule has 2 heteroatoms. The van der Waals surface area contributed by atoms with E-state index in [4.69, 9.17) is 4.74 Å². The Morgan fingerprint density at radius 1 is 1.25 bits per heavy atom. The van der Waals surface area contributed by atoms with Crippen LogP contribution < -0.4 is 0 Å². The van der Waals surface area contributed by atoms with E-state index in [1.165, 1.54) is 11.1 Å². The van der Waals surface area contributed by atoms with Crippen LogP contribution in [0.1, 0.15) is 53.9 Å². The minimum absolute atomic E-state index is 0.0194. The van der Waals surface area contributed by atoms with Crippen molar-refractivity contribution >= 4 is 5.97 Å². The molecule has 0 aliphatic rings. The van der Waals surface area contributed by atoms with Crippen LogP contribution in [0.5, 0.6) is 0 Å². The summed E-state index contributed by atoms with van der Waals surface area (Å²) in [6, 6.07) is 0. The van der Waals surface area contributed by atoms with E-state index in [0.717, 1.165) is 19.3 Å². The maximum Gasteiger partial charge on any atom is 0.333 e. The molecule has 2 nitrogen and oxygen atoms in total. The highest BCUT2D eigenvalue weighted by atomic mass is 16.5. The number of hydrogen-bond acceptors (Lipinski definition) is 2. The Morgan fingerprint density at radius 3 is 2.12 bits per heavy atom. The van der Waals surface area contributed by atoms with Gasteiger partial charge in [-0.1, -0.05) is 31.6 Å². The lowest BCUT2D eigenvalue weighted by molar-refractivity contribution is -0.144. The summed E-state index contributed by atoms with van der Waals surface area (Å²) in [5, 5.41) is 0. The van der Waals surface area contributed by atoms with Crippen LogP contribution in [-0.2, 0) is 9.53 Å². The van der Waals surface area contributed by atoms with Gasteiger partial charge in [0.25, 0.3) is 0 Å². The molecule has 0 heterocycles. The van der Waals surface area contributed by atoms with Gasteiger partial charge in [0, 0.05) is 12.0 Å². The molecule has 1 atom stereocenters. The molecule has 0 amide bonds. The van der Waals surface area contributed by atoms with Crippen molar-refractivity contribution in [3.63, 3.8) is 0 Å². The van der Waals surface area contributed by atoms with Gasteiger partial charge in [0.1, 0.15) is 6.10 Å². The van der Waals surface area contributed by atoms with Crippen molar-refractivity contribution in [1.82, 2.24) is 0 Å². The number of carbonyl (C=O) groups is 1. The van der Waals surface area contributed by atoms with Crippen LogP contribution >= 0.6 is 0 Å². The first-order valence-electron chi connectivity index (χ1n) is 5.94. The van der Waals surface area contributed by atoms with Crippen LogP contribution in [0.25, 0.3) is 0 Å². The van der Waals surface area contributed by atoms with Gasteiger partial charge < -0.3 is 4.74 Å². The van der Waals surface area contributed by atoms with Gasteiger partial charge in [-0.2, -0.15) is 0 Å². The molecule has 0 radical (unpaired) electrons. The molecule has 0 saturated heterocycles. The summed E-state index contributed by atoms with van der Waals surface area (Å²) in [6.45, 7) is 13.6. The van der Waals surface area contributed by atoms with Crippen molar-refractivity contribution in [2.24, 2.45) is 0 Å². The lowest BCUT2D eigenvalue weighted by atomic mass is 10.00. The van der Waals surface area contributed by atoms with Crippen molar-refractivity contribution in [2.75, 3.05) is 0 Å². The predicted octanol–water partition coefficient (Wildman–Crippen LogP) is 4.02. The summed E-state index contributed by atoms with van der Waals surface area (Å²) < 4.78 is 5.37. The number of rotatable bonds is 6. The highest BCUT2D eigenvalue weighted by molar-refractivity contribution is 5.87. The minimum Gasteiger partial charge on any atom is -0.459 e. The minimum atomic E-state index is -0.281. The molecule has 0 bridgehead atoms. The highest BCUT2D eigenvalue weighted by Crippen LogP contribution is 2.19. The van der Waals surface area contributed by atoms with Crippen LogP contribution in [-0.4, -0.2) is 12.1 Å². The fourth-order valence-electron chi connectivity index (χ4n) is 1.50. The average molecular weight is 224 g/mol. The zero-order valence-electron chi connectivity index (χ0n) is 11.2. The van der Waals surface area contributed by atoms with Crippen LogP contribution in [0, 0.1) is 0 Å². The van der Waals surface area contributed by atoms with E-state index in [9.17, 15) is 4.79 Å². The summed E-state index contributed by atoms with van der Waals surface area (Å²) in [7, 11) is 0. The standard InChI is InChI=1S/C14H24O2/c1-7-12(10(3)4)9-13(8-2)16-14(15)11(5)6/h13H,5,7-9H2,1-4,6H3. The predicted molar refractivity (Wildman–Crippen MR) is 68.3 cm³/mol. The molecular weight excluding hydrogens is 200 g/mol. The Bertz CT molecular complexity index is 283. The summed E-state index contributed by atoms with van der Waals surface area (Å²) in [4.78, 5) is 11.4. The van der Waals surface area contributed by atoms with Gasteiger partial charge in [-0.3, -0.25) is 0 Å². The van der Waals surface area contributed by atoms with Crippen molar-refractivity contribution in [1.29, 1.82) is 0 Å². The van der Waals surface area contributed by atoms with Gasteiger partial charge in [0.2, 0.25) is 0 Å². The zero-order chi connectivity index (χ0) is 12.7. The Morgan fingerprint density at radius 2 is 1.81 bits per heavy atom. The lowest BCUT2D eigenvalue weighted by Gasteiger charge is -2.18. The molecule has 92 valence electrons. The average Bonchev–Trinajstić information content (AvgIpc) is 2.22.